The molecule has 188 valence electrons. The van der Waals surface area contributed by atoms with Crippen molar-refractivity contribution >= 4 is 11.6 Å². The fourth-order valence-corrected chi connectivity index (χ4v) is 4.20. The second-order valence-electron chi connectivity index (χ2n) is 8.74. The number of rotatable bonds is 6. The number of H-pyrrole nitrogens is 1. The number of carbonyl (C=O) groups excluding carboxylic acids is 1. The minimum absolute atomic E-state index is 0.0734. The minimum Gasteiger partial charge on any atom is -0.391 e. The van der Waals surface area contributed by atoms with Gasteiger partial charge in [0.25, 0.3) is 5.91 Å². The Balaban J connectivity index is 1.32. The molecule has 2 aromatic carbocycles. The van der Waals surface area contributed by atoms with E-state index in [0.717, 1.165) is 52.3 Å². The molecular weight excluding hydrogens is 481 g/mol. The minimum atomic E-state index is -4.41. The maximum Gasteiger partial charge on any atom is 0.416 e. The molecule has 1 aliphatic rings. The predicted octanol–water partition coefficient (Wildman–Crippen LogP) is 5.99. The van der Waals surface area contributed by atoms with Crippen LogP contribution in [0.1, 0.15) is 39.7 Å². The number of pyridine rings is 1. The highest BCUT2D eigenvalue weighted by molar-refractivity contribution is 5.99. The summed E-state index contributed by atoms with van der Waals surface area (Å²) in [6.45, 7) is 2.30. The van der Waals surface area contributed by atoms with Crippen LogP contribution in [0.5, 0.6) is 0 Å². The average Bonchev–Trinajstić information content (AvgIpc) is 3.35. The van der Waals surface area contributed by atoms with Crippen LogP contribution < -0.4 is 5.32 Å². The molecule has 2 aromatic heterocycles. The van der Waals surface area contributed by atoms with Crippen LogP contribution in [0.2, 0.25) is 0 Å². The van der Waals surface area contributed by atoms with E-state index in [9.17, 15) is 18.0 Å². The average molecular weight is 505 g/mol. The van der Waals surface area contributed by atoms with Crippen molar-refractivity contribution in [2.45, 2.75) is 26.1 Å². The quantitative estimate of drug-likeness (QED) is 0.250. The number of benzene rings is 2. The van der Waals surface area contributed by atoms with Gasteiger partial charge in [0.1, 0.15) is 6.61 Å². The van der Waals surface area contributed by atoms with Crippen LogP contribution in [-0.2, 0) is 24.0 Å². The molecule has 0 atom stereocenters. The topological polar surface area (TPSA) is 79.4 Å². The molecule has 6 nitrogen and oxygen atoms in total. The van der Waals surface area contributed by atoms with Crippen molar-refractivity contribution in [3.8, 4) is 22.5 Å². The van der Waals surface area contributed by atoms with Crippen LogP contribution >= 0.6 is 0 Å². The number of carbonyl (C=O) groups is 1. The number of nitrogens with one attached hydrogen (secondary N) is 2. The monoisotopic (exact) mass is 504 g/mol. The van der Waals surface area contributed by atoms with Gasteiger partial charge >= 0.3 is 6.18 Å². The summed E-state index contributed by atoms with van der Waals surface area (Å²) >= 11 is 0. The highest BCUT2D eigenvalue weighted by Gasteiger charge is 2.30. The van der Waals surface area contributed by atoms with E-state index in [1.807, 2.05) is 42.5 Å². The largest absolute Gasteiger partial charge is 0.416 e. The Hall–Kier alpha value is -4.40. The lowest BCUT2D eigenvalue weighted by atomic mass is 10.0. The molecule has 2 N–H and O–H groups in total. The van der Waals surface area contributed by atoms with Crippen LogP contribution in [0.3, 0.4) is 0 Å². The molecule has 0 fully saturated rings. The summed E-state index contributed by atoms with van der Waals surface area (Å²) in [5.41, 5.74) is 5.98. The van der Waals surface area contributed by atoms with Gasteiger partial charge in [-0.3, -0.25) is 9.78 Å². The number of alkyl halides is 3. The number of amides is 1. The van der Waals surface area contributed by atoms with E-state index in [4.69, 9.17) is 4.84 Å². The Kier molecular flexibility index (Phi) is 6.52. The van der Waals surface area contributed by atoms with E-state index in [-0.39, 0.29) is 12.5 Å². The number of fused-ring (bicyclic) bond motifs is 1. The summed E-state index contributed by atoms with van der Waals surface area (Å²) in [6.07, 6.45) is -1.93. The van der Waals surface area contributed by atoms with Gasteiger partial charge in [-0.15, -0.1) is 0 Å². The summed E-state index contributed by atoms with van der Waals surface area (Å²) in [6, 6.07) is 18.3. The Bertz CT molecular complexity index is 1490. The molecule has 9 heteroatoms. The molecule has 1 aliphatic heterocycles. The summed E-state index contributed by atoms with van der Waals surface area (Å²) in [4.78, 5) is 25.3. The predicted molar refractivity (Wildman–Crippen MR) is 134 cm³/mol. The van der Waals surface area contributed by atoms with Crippen molar-refractivity contribution in [1.82, 2.24) is 15.3 Å². The van der Waals surface area contributed by atoms with Gasteiger partial charge in [0.2, 0.25) is 0 Å². The zero-order valence-corrected chi connectivity index (χ0v) is 19.9. The molecule has 37 heavy (non-hydrogen) atoms. The lowest BCUT2D eigenvalue weighted by molar-refractivity contribution is -0.137. The number of hydrogen-bond donors (Lipinski definition) is 2. The smallest absolute Gasteiger partial charge is 0.391 e. The highest BCUT2D eigenvalue weighted by Crippen LogP contribution is 2.30. The molecular formula is C28H23F3N4O2. The first-order valence-corrected chi connectivity index (χ1v) is 11.7. The number of halogens is 3. The van der Waals surface area contributed by atoms with Gasteiger partial charge < -0.3 is 15.1 Å². The second kappa shape index (κ2) is 9.93. The van der Waals surface area contributed by atoms with Crippen LogP contribution in [0.4, 0.5) is 13.2 Å². The summed E-state index contributed by atoms with van der Waals surface area (Å²) in [5.74, 6) is -0.0734. The maximum absolute atomic E-state index is 12.9. The first-order chi connectivity index (χ1) is 17.8. The van der Waals surface area contributed by atoms with Gasteiger partial charge in [-0.2, -0.15) is 13.2 Å². The molecule has 0 bridgehead atoms. The fourth-order valence-electron chi connectivity index (χ4n) is 4.20. The van der Waals surface area contributed by atoms with Crippen molar-refractivity contribution in [3.63, 3.8) is 0 Å². The van der Waals surface area contributed by atoms with Crippen LogP contribution in [0, 0.1) is 0 Å². The van der Waals surface area contributed by atoms with Crippen LogP contribution in [0.15, 0.2) is 78.1 Å². The van der Waals surface area contributed by atoms with Crippen molar-refractivity contribution in [3.05, 3.63) is 101 Å². The zero-order valence-electron chi connectivity index (χ0n) is 19.9. The van der Waals surface area contributed by atoms with Gasteiger partial charge in [0, 0.05) is 41.7 Å². The Morgan fingerprint density at radius 1 is 1.05 bits per heavy atom. The third kappa shape index (κ3) is 5.40. The standard InChI is InChI=1S/C28H23F3N4O2/c1-17(35-37-16-18-4-2-7-22(12-18)28(29,30)31)19-5-3-6-20(13-19)25-14-21(8-10-32-25)26-15-23-24(34-26)9-11-33-27(23)36/h2-8,10,12-15,34H,9,11,16H2,1H3,(H,33,36)/b35-17+. The van der Waals surface area contributed by atoms with E-state index in [1.54, 1.807) is 19.2 Å². The number of oxime groups is 1. The summed E-state index contributed by atoms with van der Waals surface area (Å²) in [7, 11) is 0. The Morgan fingerprint density at radius 3 is 2.70 bits per heavy atom. The van der Waals surface area contributed by atoms with Crippen molar-refractivity contribution in [2.24, 2.45) is 5.16 Å². The number of aromatic amines is 1. The maximum atomic E-state index is 12.9. The van der Waals surface area contributed by atoms with Gasteiger partial charge in [-0.1, -0.05) is 35.5 Å². The van der Waals surface area contributed by atoms with Crippen LogP contribution in [-0.4, -0.2) is 28.1 Å². The lowest BCUT2D eigenvalue weighted by Crippen LogP contribution is -2.31. The highest BCUT2D eigenvalue weighted by atomic mass is 19.4. The number of nitrogens with zero attached hydrogens (tertiary/aromatic N) is 2. The molecule has 0 saturated heterocycles. The van der Waals surface area contributed by atoms with Crippen molar-refractivity contribution < 1.29 is 22.8 Å². The lowest BCUT2D eigenvalue weighted by Gasteiger charge is -2.11. The normalized spacial score (nSPS) is 13.7. The molecule has 0 unspecified atom stereocenters. The second-order valence-corrected chi connectivity index (χ2v) is 8.74. The van der Waals surface area contributed by atoms with Gasteiger partial charge in [-0.05, 0) is 54.4 Å². The first kappa shape index (κ1) is 24.3. The molecule has 3 heterocycles. The molecule has 0 spiro atoms. The fraction of sp³-hybridized carbons (Fsp3) is 0.179. The van der Waals surface area contributed by atoms with Gasteiger partial charge in [-0.25, -0.2) is 0 Å². The number of hydrogen-bond acceptors (Lipinski definition) is 4. The molecule has 5 rings (SSSR count). The van der Waals surface area contributed by atoms with Gasteiger partial charge in [0.05, 0.1) is 22.5 Å². The van der Waals surface area contributed by atoms with Gasteiger partial charge in [0.15, 0.2) is 0 Å². The first-order valence-electron chi connectivity index (χ1n) is 11.7. The SMILES string of the molecule is C/C(=N\OCc1cccc(C(F)(F)F)c1)c1cccc(-c2cc(-c3cc4c([nH]3)CCNC4=O)ccn2)c1. The Morgan fingerprint density at radius 2 is 1.89 bits per heavy atom. The molecule has 1 amide bonds. The third-order valence-electron chi connectivity index (χ3n) is 6.14. The van der Waals surface area contributed by atoms with E-state index < -0.39 is 11.7 Å². The third-order valence-corrected chi connectivity index (χ3v) is 6.14. The Labute approximate surface area is 211 Å². The van der Waals surface area contributed by atoms with Crippen molar-refractivity contribution in [2.75, 3.05) is 6.54 Å². The zero-order chi connectivity index (χ0) is 26.0. The molecule has 4 aromatic rings. The summed E-state index contributed by atoms with van der Waals surface area (Å²) in [5, 5.41) is 6.95. The van der Waals surface area contributed by atoms with E-state index in [2.05, 4.69) is 20.4 Å². The molecule has 0 radical (unpaired) electrons. The summed E-state index contributed by atoms with van der Waals surface area (Å²) < 4.78 is 38.8. The molecule has 0 aliphatic carbocycles. The van der Waals surface area contributed by atoms with E-state index in [1.165, 1.54) is 6.07 Å². The van der Waals surface area contributed by atoms with E-state index in [0.29, 0.717) is 23.4 Å². The van der Waals surface area contributed by atoms with Crippen LogP contribution in [0.25, 0.3) is 22.5 Å². The number of aromatic nitrogens is 2. The van der Waals surface area contributed by atoms with Crippen molar-refractivity contribution in [1.29, 1.82) is 0 Å². The van der Waals surface area contributed by atoms with E-state index >= 15 is 0 Å². The molecule has 0 saturated carbocycles.